The average molecular weight is 312 g/mol. The van der Waals surface area contributed by atoms with E-state index >= 15 is 0 Å². The summed E-state index contributed by atoms with van der Waals surface area (Å²) in [7, 11) is 0. The molecule has 2 aromatic rings. The first-order valence-corrected chi connectivity index (χ1v) is 8.45. The van der Waals surface area contributed by atoms with Gasteiger partial charge in [0.1, 0.15) is 11.6 Å². The van der Waals surface area contributed by atoms with Crippen LogP contribution in [0.15, 0.2) is 42.0 Å². The van der Waals surface area contributed by atoms with E-state index < -0.39 is 0 Å². The summed E-state index contributed by atoms with van der Waals surface area (Å²) >= 11 is 0. The number of hydrogen-bond acceptors (Lipinski definition) is 0. The molecule has 2 aromatic carbocycles. The van der Waals surface area contributed by atoms with Crippen molar-refractivity contribution in [3.05, 3.63) is 64.7 Å². The fourth-order valence-electron chi connectivity index (χ4n) is 3.22. The molecule has 0 fully saturated rings. The zero-order chi connectivity index (χ0) is 16.2. The number of aryl methyl sites for hydroxylation is 1. The van der Waals surface area contributed by atoms with E-state index in [1.54, 1.807) is 18.2 Å². The Morgan fingerprint density at radius 2 is 1.74 bits per heavy atom. The predicted molar refractivity (Wildman–Crippen MR) is 92.2 cm³/mol. The lowest BCUT2D eigenvalue weighted by molar-refractivity contribution is 0.625. The molecule has 0 nitrogen and oxygen atoms in total. The van der Waals surface area contributed by atoms with Gasteiger partial charge in [-0.2, -0.15) is 0 Å². The van der Waals surface area contributed by atoms with Crippen LogP contribution in [-0.2, 0) is 6.42 Å². The molecule has 0 aromatic heterocycles. The van der Waals surface area contributed by atoms with Gasteiger partial charge in [0, 0.05) is 5.56 Å². The van der Waals surface area contributed by atoms with Gasteiger partial charge in [0.15, 0.2) is 0 Å². The fraction of sp³-hybridized carbons (Fsp3) is 0.333. The Morgan fingerprint density at radius 1 is 0.957 bits per heavy atom. The maximum atomic E-state index is 14.5. The molecular formula is C21H22F2. The van der Waals surface area contributed by atoms with Crippen molar-refractivity contribution in [2.75, 3.05) is 0 Å². The Morgan fingerprint density at radius 3 is 2.48 bits per heavy atom. The molecule has 0 saturated heterocycles. The number of fused-ring (bicyclic) bond motifs is 1. The maximum Gasteiger partial charge on any atom is 0.131 e. The van der Waals surface area contributed by atoms with Crippen molar-refractivity contribution in [3.63, 3.8) is 0 Å². The van der Waals surface area contributed by atoms with Crippen LogP contribution >= 0.6 is 0 Å². The minimum absolute atomic E-state index is 0.235. The third-order valence-corrected chi connectivity index (χ3v) is 4.56. The van der Waals surface area contributed by atoms with E-state index in [-0.39, 0.29) is 11.6 Å². The molecule has 0 bridgehead atoms. The van der Waals surface area contributed by atoms with Crippen molar-refractivity contribution in [1.82, 2.24) is 0 Å². The van der Waals surface area contributed by atoms with E-state index in [0.29, 0.717) is 5.56 Å². The molecule has 1 aliphatic rings. The first-order valence-electron chi connectivity index (χ1n) is 8.45. The summed E-state index contributed by atoms with van der Waals surface area (Å²) in [5.74, 6) is -0.534. The Hall–Kier alpha value is -1.96. The zero-order valence-electron chi connectivity index (χ0n) is 13.5. The van der Waals surface area contributed by atoms with Gasteiger partial charge in [0.2, 0.25) is 0 Å². The van der Waals surface area contributed by atoms with Crippen LogP contribution in [0.1, 0.15) is 50.2 Å². The summed E-state index contributed by atoms with van der Waals surface area (Å²) < 4.78 is 27.5. The average Bonchev–Trinajstić information content (AvgIpc) is 2.55. The lowest BCUT2D eigenvalue weighted by Crippen LogP contribution is -2.02. The third-order valence-electron chi connectivity index (χ3n) is 4.56. The van der Waals surface area contributed by atoms with Crippen LogP contribution in [0.5, 0.6) is 0 Å². The molecule has 0 radical (unpaired) electrons. The predicted octanol–water partition coefficient (Wildman–Crippen LogP) is 6.54. The quantitative estimate of drug-likeness (QED) is 0.550. The van der Waals surface area contributed by atoms with Crippen LogP contribution in [0.2, 0.25) is 0 Å². The number of benzene rings is 2. The van der Waals surface area contributed by atoms with Crippen LogP contribution in [-0.4, -0.2) is 0 Å². The summed E-state index contributed by atoms with van der Waals surface area (Å²) in [6.07, 6.45) is 8.99. The highest BCUT2D eigenvalue weighted by molar-refractivity contribution is 5.70. The number of hydrogen-bond donors (Lipinski definition) is 0. The molecule has 0 heterocycles. The third kappa shape index (κ3) is 3.69. The van der Waals surface area contributed by atoms with Gasteiger partial charge < -0.3 is 0 Å². The minimum atomic E-state index is -0.299. The van der Waals surface area contributed by atoms with Crippen LogP contribution in [0.25, 0.3) is 17.2 Å². The second-order valence-electron chi connectivity index (χ2n) is 6.30. The van der Waals surface area contributed by atoms with Gasteiger partial charge >= 0.3 is 0 Å². The second-order valence-corrected chi connectivity index (χ2v) is 6.30. The number of rotatable bonds is 5. The van der Waals surface area contributed by atoms with Gasteiger partial charge in [-0.05, 0) is 66.6 Å². The molecule has 120 valence electrons. The zero-order valence-corrected chi connectivity index (χ0v) is 13.5. The molecule has 0 atom stereocenters. The van der Waals surface area contributed by atoms with Gasteiger partial charge in [-0.25, -0.2) is 8.78 Å². The highest BCUT2D eigenvalue weighted by Crippen LogP contribution is 2.32. The first-order chi connectivity index (χ1) is 11.2. The van der Waals surface area contributed by atoms with E-state index in [9.17, 15) is 8.78 Å². The summed E-state index contributed by atoms with van der Waals surface area (Å²) in [4.78, 5) is 0. The second kappa shape index (κ2) is 7.08. The first kappa shape index (κ1) is 15.9. The topological polar surface area (TPSA) is 0 Å². The largest absolute Gasteiger partial charge is 0.207 e. The van der Waals surface area contributed by atoms with Crippen molar-refractivity contribution >= 4 is 6.08 Å². The van der Waals surface area contributed by atoms with Crippen molar-refractivity contribution in [2.24, 2.45) is 0 Å². The Kier molecular flexibility index (Phi) is 4.90. The summed E-state index contributed by atoms with van der Waals surface area (Å²) in [6, 6.07) is 9.58. The molecule has 0 aliphatic heterocycles. The smallest absolute Gasteiger partial charge is 0.131 e. The lowest BCUT2D eigenvalue weighted by Gasteiger charge is -2.18. The number of allylic oxidation sites excluding steroid dienone is 1. The van der Waals surface area contributed by atoms with E-state index in [1.165, 1.54) is 42.5 Å². The van der Waals surface area contributed by atoms with E-state index in [4.69, 9.17) is 0 Å². The molecule has 2 heteroatoms. The SMILES string of the molecule is CCCCCC1=Cc2cc(F)c(-c3ccc(F)cc3)cc2CC1. The monoisotopic (exact) mass is 312 g/mol. The van der Waals surface area contributed by atoms with Crippen LogP contribution < -0.4 is 0 Å². The molecular weight excluding hydrogens is 290 g/mol. The molecule has 0 N–H and O–H groups in total. The van der Waals surface area contributed by atoms with Crippen LogP contribution in [0, 0.1) is 11.6 Å². The van der Waals surface area contributed by atoms with Crippen molar-refractivity contribution < 1.29 is 8.78 Å². The Balaban J connectivity index is 1.87. The molecule has 0 unspecified atom stereocenters. The van der Waals surface area contributed by atoms with Gasteiger partial charge in [-0.1, -0.05) is 43.5 Å². The molecule has 0 amide bonds. The molecule has 1 aliphatic carbocycles. The number of halogens is 2. The normalized spacial score (nSPS) is 13.6. The molecule has 0 saturated carbocycles. The van der Waals surface area contributed by atoms with E-state index in [0.717, 1.165) is 30.4 Å². The van der Waals surface area contributed by atoms with E-state index in [1.807, 2.05) is 6.07 Å². The fourth-order valence-corrected chi connectivity index (χ4v) is 3.22. The molecule has 23 heavy (non-hydrogen) atoms. The lowest BCUT2D eigenvalue weighted by atomic mass is 9.87. The van der Waals surface area contributed by atoms with Gasteiger partial charge in [-0.15, -0.1) is 0 Å². The minimum Gasteiger partial charge on any atom is -0.207 e. The summed E-state index contributed by atoms with van der Waals surface area (Å²) in [5, 5.41) is 0. The molecule has 3 rings (SSSR count). The van der Waals surface area contributed by atoms with Gasteiger partial charge in [-0.3, -0.25) is 0 Å². The Labute approximate surface area is 136 Å². The maximum absolute atomic E-state index is 14.5. The standard InChI is InChI=1S/C21H22F2/c1-2-3-4-5-15-6-7-17-13-20(21(23)14-18(17)12-15)16-8-10-19(22)11-9-16/h8-14H,2-7H2,1H3. The van der Waals surface area contributed by atoms with Crippen molar-refractivity contribution in [1.29, 1.82) is 0 Å². The highest BCUT2D eigenvalue weighted by atomic mass is 19.1. The summed E-state index contributed by atoms with van der Waals surface area (Å²) in [6.45, 7) is 2.21. The van der Waals surface area contributed by atoms with Crippen LogP contribution in [0.3, 0.4) is 0 Å². The van der Waals surface area contributed by atoms with Gasteiger partial charge in [0.05, 0.1) is 0 Å². The van der Waals surface area contributed by atoms with Crippen LogP contribution in [0.4, 0.5) is 8.78 Å². The van der Waals surface area contributed by atoms with Gasteiger partial charge in [0.25, 0.3) is 0 Å². The van der Waals surface area contributed by atoms with Crippen molar-refractivity contribution in [2.45, 2.75) is 45.4 Å². The molecule has 0 spiro atoms. The summed E-state index contributed by atoms with van der Waals surface area (Å²) in [5.41, 5.74) is 4.91. The Bertz CT molecular complexity index is 711. The van der Waals surface area contributed by atoms with E-state index in [2.05, 4.69) is 13.0 Å². The van der Waals surface area contributed by atoms with Crippen molar-refractivity contribution in [3.8, 4) is 11.1 Å². The number of unbranched alkanes of at least 4 members (excludes halogenated alkanes) is 2. The highest BCUT2D eigenvalue weighted by Gasteiger charge is 2.15.